The third kappa shape index (κ3) is 6.61. The summed E-state index contributed by atoms with van der Waals surface area (Å²) in [5.41, 5.74) is 0.880. The summed E-state index contributed by atoms with van der Waals surface area (Å²) in [6, 6.07) is 9.58. The standard InChI is InChI=1S/C29H44O8/c1-18-16-17-24(34-5)23(33-4)15-11-10-14-22(21-12-8-7-9-13-21)36-28(31)20(3)29(32)27(35-6)25(30)19(2)26(18)37-29/h7-9,12-13,16-20,22-27,30,32H,10-11,14-15H2,1-6H3/b17-16+/t18-,19-,20+,22-,23-,24+,25-,26+,27+,29+/m0/s1. The maximum absolute atomic E-state index is 13.5. The summed E-state index contributed by atoms with van der Waals surface area (Å²) in [6.45, 7) is 5.36. The normalized spacial score (nSPS) is 41.1. The van der Waals surface area contributed by atoms with Crippen LogP contribution in [-0.2, 0) is 28.5 Å². The van der Waals surface area contributed by atoms with Gasteiger partial charge in [0.25, 0.3) is 0 Å². The second-order valence-electron chi connectivity index (χ2n) is 10.4. The van der Waals surface area contributed by atoms with Crippen LogP contribution in [0.3, 0.4) is 0 Å². The highest BCUT2D eigenvalue weighted by atomic mass is 16.7. The molecule has 1 fully saturated rings. The van der Waals surface area contributed by atoms with Crippen molar-refractivity contribution in [2.75, 3.05) is 21.3 Å². The summed E-state index contributed by atoms with van der Waals surface area (Å²) in [5, 5.41) is 22.9. The van der Waals surface area contributed by atoms with E-state index in [-0.39, 0.29) is 24.0 Å². The Hall–Kier alpha value is -1.81. The molecule has 1 saturated heterocycles. The lowest BCUT2D eigenvalue weighted by Crippen LogP contribution is -2.66. The molecule has 1 aromatic rings. The SMILES string of the molecule is CO[C@H]1CCCC[C@@H](c2ccccc2)OC(=O)[C@@H](C)[C@@]2(O)O[C@@H]([C@@H](C)[C@H](O)[C@H]2OC)[C@@H](C)/C=C/[C@H]1OC. The number of fused-ring (bicyclic) bond motifs is 2. The summed E-state index contributed by atoms with van der Waals surface area (Å²) in [6.07, 6.45) is 3.29. The van der Waals surface area contributed by atoms with Crippen LogP contribution >= 0.6 is 0 Å². The number of carbonyl (C=O) groups excluding carboxylic acids is 1. The lowest BCUT2D eigenvalue weighted by molar-refractivity contribution is -0.360. The fraction of sp³-hybridized carbons (Fsp3) is 0.690. The number of benzene rings is 1. The van der Waals surface area contributed by atoms with E-state index in [0.29, 0.717) is 6.42 Å². The minimum absolute atomic E-state index is 0.149. The van der Waals surface area contributed by atoms with Gasteiger partial charge in [-0.2, -0.15) is 0 Å². The van der Waals surface area contributed by atoms with Crippen LogP contribution in [0.1, 0.15) is 58.1 Å². The van der Waals surface area contributed by atoms with E-state index < -0.39 is 42.1 Å². The topological polar surface area (TPSA) is 104 Å². The van der Waals surface area contributed by atoms with Crippen LogP contribution in [0.5, 0.6) is 0 Å². The van der Waals surface area contributed by atoms with E-state index in [0.717, 1.165) is 24.8 Å². The molecular weight excluding hydrogens is 476 g/mol. The highest BCUT2D eigenvalue weighted by Gasteiger charge is 2.58. The third-order valence-electron chi connectivity index (χ3n) is 8.03. The van der Waals surface area contributed by atoms with Crippen molar-refractivity contribution in [3.8, 4) is 0 Å². The molecule has 2 heterocycles. The van der Waals surface area contributed by atoms with Crippen molar-refractivity contribution in [1.29, 1.82) is 0 Å². The van der Waals surface area contributed by atoms with E-state index in [1.165, 1.54) is 7.11 Å². The van der Waals surface area contributed by atoms with Crippen LogP contribution in [-0.4, -0.2) is 73.8 Å². The Balaban J connectivity index is 2.01. The first-order valence-electron chi connectivity index (χ1n) is 13.3. The Morgan fingerprint density at radius 3 is 2.24 bits per heavy atom. The molecule has 3 rings (SSSR count). The first-order valence-corrected chi connectivity index (χ1v) is 13.3. The lowest BCUT2D eigenvalue weighted by atomic mass is 9.78. The molecular formula is C29H44O8. The van der Waals surface area contributed by atoms with Crippen molar-refractivity contribution >= 4 is 5.97 Å². The van der Waals surface area contributed by atoms with Crippen LogP contribution in [0.25, 0.3) is 0 Å². The summed E-state index contributed by atoms with van der Waals surface area (Å²) in [7, 11) is 4.72. The van der Waals surface area contributed by atoms with E-state index in [9.17, 15) is 15.0 Å². The zero-order chi connectivity index (χ0) is 27.2. The van der Waals surface area contributed by atoms with Gasteiger partial charge in [0.15, 0.2) is 0 Å². The number of hydrogen-bond acceptors (Lipinski definition) is 8. The maximum atomic E-state index is 13.5. The predicted molar refractivity (Wildman–Crippen MR) is 139 cm³/mol. The first-order chi connectivity index (χ1) is 17.7. The minimum atomic E-state index is -2.08. The zero-order valence-electron chi connectivity index (χ0n) is 22.9. The number of ether oxygens (including phenoxy) is 5. The molecule has 2 N–H and O–H groups in total. The molecule has 8 heteroatoms. The Morgan fingerprint density at radius 2 is 1.62 bits per heavy atom. The molecule has 10 atom stereocenters. The summed E-state index contributed by atoms with van der Waals surface area (Å²) < 4.78 is 29.3. The molecule has 37 heavy (non-hydrogen) atoms. The van der Waals surface area contributed by atoms with Crippen molar-refractivity contribution in [2.45, 2.75) is 88.9 Å². The van der Waals surface area contributed by atoms with Gasteiger partial charge in [-0.25, -0.2) is 0 Å². The van der Waals surface area contributed by atoms with Crippen molar-refractivity contribution in [3.63, 3.8) is 0 Å². The van der Waals surface area contributed by atoms with Gasteiger partial charge >= 0.3 is 5.97 Å². The second kappa shape index (κ2) is 13.3. The average Bonchev–Trinajstić information content (AvgIpc) is 2.90. The van der Waals surface area contributed by atoms with Crippen molar-refractivity contribution < 1.29 is 38.7 Å². The summed E-state index contributed by atoms with van der Waals surface area (Å²) in [4.78, 5) is 13.5. The van der Waals surface area contributed by atoms with E-state index in [1.54, 1.807) is 21.1 Å². The van der Waals surface area contributed by atoms with E-state index in [2.05, 4.69) is 0 Å². The average molecular weight is 521 g/mol. The number of aliphatic hydroxyl groups is 2. The van der Waals surface area contributed by atoms with Crippen molar-refractivity contribution in [1.82, 2.24) is 0 Å². The quantitative estimate of drug-likeness (QED) is 0.456. The third-order valence-corrected chi connectivity index (χ3v) is 8.03. The van der Waals surface area contributed by atoms with Gasteiger partial charge in [0, 0.05) is 33.2 Å². The second-order valence-corrected chi connectivity index (χ2v) is 10.4. The number of cyclic esters (lactones) is 1. The zero-order valence-corrected chi connectivity index (χ0v) is 22.9. The van der Waals surface area contributed by atoms with Gasteiger partial charge in [-0.1, -0.05) is 62.8 Å². The van der Waals surface area contributed by atoms with Crippen LogP contribution in [0.15, 0.2) is 42.5 Å². The molecule has 0 spiro atoms. The molecule has 0 radical (unpaired) electrons. The number of methoxy groups -OCH3 is 3. The largest absolute Gasteiger partial charge is 0.457 e. The minimum Gasteiger partial charge on any atom is -0.457 e. The molecule has 2 bridgehead atoms. The van der Waals surface area contributed by atoms with E-state index in [1.807, 2.05) is 56.3 Å². The summed E-state index contributed by atoms with van der Waals surface area (Å²) >= 11 is 0. The smallest absolute Gasteiger partial charge is 0.314 e. The Morgan fingerprint density at radius 1 is 0.946 bits per heavy atom. The van der Waals surface area contributed by atoms with Crippen LogP contribution in [0.2, 0.25) is 0 Å². The molecule has 0 aromatic heterocycles. The Labute approximate surface area is 220 Å². The van der Waals surface area contributed by atoms with Crippen LogP contribution in [0.4, 0.5) is 0 Å². The highest BCUT2D eigenvalue weighted by molar-refractivity contribution is 5.73. The molecule has 2 aliphatic rings. The molecule has 0 saturated carbocycles. The number of esters is 1. The summed E-state index contributed by atoms with van der Waals surface area (Å²) in [5.74, 6) is -4.38. The molecule has 208 valence electrons. The van der Waals surface area contributed by atoms with Gasteiger partial charge in [-0.05, 0) is 31.7 Å². The van der Waals surface area contributed by atoms with Crippen molar-refractivity contribution in [2.24, 2.45) is 17.8 Å². The monoisotopic (exact) mass is 520 g/mol. The number of aliphatic hydroxyl groups excluding tert-OH is 1. The fourth-order valence-corrected chi connectivity index (χ4v) is 5.56. The molecule has 0 amide bonds. The molecule has 8 nitrogen and oxygen atoms in total. The number of hydrogen-bond donors (Lipinski definition) is 2. The van der Waals surface area contributed by atoms with Crippen LogP contribution < -0.4 is 0 Å². The van der Waals surface area contributed by atoms with Crippen molar-refractivity contribution in [3.05, 3.63) is 48.0 Å². The van der Waals surface area contributed by atoms with E-state index in [4.69, 9.17) is 23.7 Å². The maximum Gasteiger partial charge on any atom is 0.314 e. The number of carbonyl (C=O) groups is 1. The number of rotatable bonds is 4. The molecule has 0 unspecified atom stereocenters. The first kappa shape index (κ1) is 29.7. The predicted octanol–water partition coefficient (Wildman–Crippen LogP) is 3.80. The van der Waals surface area contributed by atoms with Gasteiger partial charge in [-0.3, -0.25) is 4.79 Å². The highest BCUT2D eigenvalue weighted by Crippen LogP contribution is 2.42. The van der Waals surface area contributed by atoms with Gasteiger partial charge < -0.3 is 33.9 Å². The fourth-order valence-electron chi connectivity index (χ4n) is 5.56. The Kier molecular flexibility index (Phi) is 10.7. The molecule has 1 aromatic carbocycles. The van der Waals surface area contributed by atoms with Gasteiger partial charge in [0.2, 0.25) is 5.79 Å². The lowest BCUT2D eigenvalue weighted by Gasteiger charge is -2.51. The van der Waals surface area contributed by atoms with Crippen LogP contribution in [0, 0.1) is 17.8 Å². The molecule has 2 aliphatic heterocycles. The van der Waals surface area contributed by atoms with Gasteiger partial charge in [-0.15, -0.1) is 0 Å². The molecule has 0 aliphatic carbocycles. The van der Waals surface area contributed by atoms with Gasteiger partial charge in [0.05, 0.1) is 18.3 Å². The Bertz CT molecular complexity index is 876. The van der Waals surface area contributed by atoms with E-state index >= 15 is 0 Å². The van der Waals surface area contributed by atoms with Gasteiger partial charge in [0.1, 0.15) is 24.2 Å².